The van der Waals surface area contributed by atoms with E-state index in [0.717, 1.165) is 13.1 Å². The molecular formula is C14H21Cl2F3N6OS. The number of carbonyl (C=O) groups is 1. The summed E-state index contributed by atoms with van der Waals surface area (Å²) in [6.45, 7) is 5.01. The first-order chi connectivity index (χ1) is 11.9. The Balaban J connectivity index is 0.00000131. The van der Waals surface area contributed by atoms with Crippen molar-refractivity contribution < 1.29 is 18.0 Å². The Bertz CT molecular complexity index is 658. The Morgan fingerprint density at radius 3 is 2.19 bits per heavy atom. The number of halogens is 5. The third kappa shape index (κ3) is 3.98. The summed E-state index contributed by atoms with van der Waals surface area (Å²) in [6, 6.07) is 0. The first-order valence-electron chi connectivity index (χ1n) is 8.27. The van der Waals surface area contributed by atoms with Gasteiger partial charge >= 0.3 is 6.18 Å². The lowest BCUT2D eigenvalue weighted by molar-refractivity contribution is -0.142. The van der Waals surface area contributed by atoms with Gasteiger partial charge in [-0.3, -0.25) is 4.79 Å². The van der Waals surface area contributed by atoms with Crippen LogP contribution in [0, 0.1) is 11.3 Å². The van der Waals surface area contributed by atoms with Gasteiger partial charge in [-0.25, -0.2) is 0 Å². The molecule has 0 aliphatic carbocycles. The third-order valence-electron chi connectivity index (χ3n) is 5.36. The summed E-state index contributed by atoms with van der Waals surface area (Å²) in [6.07, 6.45) is -4.47. The van der Waals surface area contributed by atoms with Crippen molar-refractivity contribution in [2.75, 3.05) is 57.3 Å². The molecular weight excluding hydrogens is 428 g/mol. The Labute approximate surface area is 170 Å². The zero-order valence-corrected chi connectivity index (χ0v) is 16.7. The van der Waals surface area contributed by atoms with Gasteiger partial charge < -0.3 is 20.4 Å². The number of amides is 1. The summed E-state index contributed by atoms with van der Waals surface area (Å²) < 4.78 is 38.0. The molecule has 0 radical (unpaired) electrons. The topological polar surface area (TPSA) is 73.4 Å². The molecule has 0 atom stereocenters. The number of fused-ring (bicyclic) bond motifs is 1. The molecule has 154 valence electrons. The van der Waals surface area contributed by atoms with Gasteiger partial charge in [0.15, 0.2) is 0 Å². The molecule has 4 rings (SSSR count). The van der Waals surface area contributed by atoms with E-state index in [1.54, 1.807) is 4.90 Å². The second kappa shape index (κ2) is 8.24. The highest BCUT2D eigenvalue weighted by Crippen LogP contribution is 2.38. The summed E-state index contributed by atoms with van der Waals surface area (Å²) in [5.74, 6) is 0.468. The van der Waals surface area contributed by atoms with Gasteiger partial charge in [0.05, 0.1) is 5.41 Å². The maximum absolute atomic E-state index is 13.0. The molecule has 3 fully saturated rings. The molecule has 0 spiro atoms. The monoisotopic (exact) mass is 448 g/mol. The number of rotatable bonds is 2. The SMILES string of the molecule is Cl.Cl.O=C(N1CCN(c2nnc(C(F)(F)F)s2)CC1)C12CNCC1CNC2. The van der Waals surface area contributed by atoms with Gasteiger partial charge in [-0.1, -0.05) is 11.3 Å². The van der Waals surface area contributed by atoms with Crippen LogP contribution in [-0.2, 0) is 11.0 Å². The van der Waals surface area contributed by atoms with E-state index in [-0.39, 0.29) is 41.3 Å². The van der Waals surface area contributed by atoms with Crippen LogP contribution in [0.5, 0.6) is 0 Å². The van der Waals surface area contributed by atoms with E-state index in [2.05, 4.69) is 20.8 Å². The summed E-state index contributed by atoms with van der Waals surface area (Å²) in [7, 11) is 0. The number of piperazine rings is 1. The zero-order chi connectivity index (χ0) is 17.7. The Morgan fingerprint density at radius 1 is 1.07 bits per heavy atom. The van der Waals surface area contributed by atoms with E-state index < -0.39 is 11.2 Å². The molecule has 2 N–H and O–H groups in total. The van der Waals surface area contributed by atoms with Gasteiger partial charge in [0.1, 0.15) is 0 Å². The number of hydrogen-bond donors (Lipinski definition) is 2. The zero-order valence-electron chi connectivity index (χ0n) is 14.3. The lowest BCUT2D eigenvalue weighted by Crippen LogP contribution is -2.55. The van der Waals surface area contributed by atoms with Gasteiger partial charge in [0, 0.05) is 58.3 Å². The van der Waals surface area contributed by atoms with Crippen molar-refractivity contribution in [3.05, 3.63) is 5.01 Å². The van der Waals surface area contributed by atoms with Crippen LogP contribution in [0.1, 0.15) is 5.01 Å². The minimum atomic E-state index is -4.47. The van der Waals surface area contributed by atoms with E-state index in [1.807, 2.05) is 4.90 Å². The highest BCUT2D eigenvalue weighted by molar-refractivity contribution is 7.15. The van der Waals surface area contributed by atoms with Gasteiger partial charge in [-0.15, -0.1) is 35.0 Å². The van der Waals surface area contributed by atoms with Crippen molar-refractivity contribution in [2.45, 2.75) is 6.18 Å². The normalized spacial score (nSPS) is 27.7. The number of nitrogens with zero attached hydrogens (tertiary/aromatic N) is 4. The van der Waals surface area contributed by atoms with Crippen molar-refractivity contribution in [3.63, 3.8) is 0 Å². The Kier molecular flexibility index (Phi) is 6.84. The lowest BCUT2D eigenvalue weighted by Gasteiger charge is -2.39. The highest BCUT2D eigenvalue weighted by atomic mass is 35.5. The van der Waals surface area contributed by atoms with Crippen LogP contribution < -0.4 is 15.5 Å². The van der Waals surface area contributed by atoms with Crippen molar-refractivity contribution >= 4 is 47.2 Å². The molecule has 4 heterocycles. The van der Waals surface area contributed by atoms with Crippen LogP contribution in [0.25, 0.3) is 0 Å². The molecule has 3 saturated heterocycles. The fourth-order valence-electron chi connectivity index (χ4n) is 3.95. The molecule has 0 bridgehead atoms. The molecule has 1 amide bonds. The van der Waals surface area contributed by atoms with E-state index >= 15 is 0 Å². The van der Waals surface area contributed by atoms with Crippen LogP contribution in [0.2, 0.25) is 0 Å². The minimum Gasteiger partial charge on any atom is -0.343 e. The van der Waals surface area contributed by atoms with Crippen LogP contribution in [0.4, 0.5) is 18.3 Å². The average Bonchev–Trinajstić information content (AvgIpc) is 3.28. The number of aromatic nitrogens is 2. The van der Waals surface area contributed by atoms with Crippen LogP contribution in [-0.4, -0.2) is 73.4 Å². The fourth-order valence-corrected chi connectivity index (χ4v) is 4.72. The molecule has 3 aliphatic heterocycles. The summed E-state index contributed by atoms with van der Waals surface area (Å²) in [4.78, 5) is 16.6. The molecule has 0 unspecified atom stereocenters. The van der Waals surface area contributed by atoms with Gasteiger partial charge in [0.2, 0.25) is 16.0 Å². The number of alkyl halides is 3. The summed E-state index contributed by atoms with van der Waals surface area (Å²) in [5.41, 5.74) is -0.367. The third-order valence-corrected chi connectivity index (χ3v) is 6.39. The van der Waals surface area contributed by atoms with E-state index in [9.17, 15) is 18.0 Å². The number of carbonyl (C=O) groups excluding carboxylic acids is 1. The predicted octanol–water partition coefficient (Wildman–Crippen LogP) is 0.858. The molecule has 7 nitrogen and oxygen atoms in total. The lowest BCUT2D eigenvalue weighted by atomic mass is 9.79. The maximum atomic E-state index is 13.0. The molecule has 1 aromatic heterocycles. The molecule has 0 saturated carbocycles. The number of nitrogens with one attached hydrogen (secondary N) is 2. The standard InChI is InChI=1S/C14H19F3N6OS.2ClH/c15-14(16,17)10-20-21-12(25-10)23-3-1-22(2-4-23)11(24)13-7-18-5-9(13)6-19-8-13;;/h9,18-19H,1-8H2;2*1H. The first kappa shape index (κ1) is 22.4. The fraction of sp³-hybridized carbons (Fsp3) is 0.786. The smallest absolute Gasteiger partial charge is 0.343 e. The first-order valence-corrected chi connectivity index (χ1v) is 9.08. The molecule has 0 aromatic carbocycles. The van der Waals surface area contributed by atoms with E-state index in [4.69, 9.17) is 0 Å². The van der Waals surface area contributed by atoms with E-state index in [0.29, 0.717) is 56.5 Å². The average molecular weight is 449 g/mol. The Hall–Kier alpha value is -0.880. The molecule has 3 aliphatic rings. The Morgan fingerprint density at radius 2 is 1.67 bits per heavy atom. The number of hydrogen-bond acceptors (Lipinski definition) is 7. The highest BCUT2D eigenvalue weighted by Gasteiger charge is 2.53. The maximum Gasteiger partial charge on any atom is 0.445 e. The second-order valence-electron chi connectivity index (χ2n) is 6.78. The van der Waals surface area contributed by atoms with Crippen molar-refractivity contribution in [1.29, 1.82) is 0 Å². The summed E-state index contributed by atoms with van der Waals surface area (Å²) in [5, 5.41) is 12.8. The van der Waals surface area contributed by atoms with Crippen molar-refractivity contribution in [1.82, 2.24) is 25.7 Å². The second-order valence-corrected chi connectivity index (χ2v) is 7.74. The van der Waals surface area contributed by atoms with Crippen molar-refractivity contribution in [2.24, 2.45) is 11.3 Å². The van der Waals surface area contributed by atoms with Gasteiger partial charge in [-0.2, -0.15) is 13.2 Å². The quantitative estimate of drug-likeness (QED) is 0.698. The van der Waals surface area contributed by atoms with Crippen LogP contribution in [0.15, 0.2) is 0 Å². The molecule has 13 heteroatoms. The largest absolute Gasteiger partial charge is 0.445 e. The van der Waals surface area contributed by atoms with Crippen LogP contribution >= 0.6 is 36.2 Å². The predicted molar refractivity (Wildman–Crippen MR) is 99.9 cm³/mol. The van der Waals surface area contributed by atoms with Gasteiger partial charge in [-0.05, 0) is 0 Å². The summed E-state index contributed by atoms with van der Waals surface area (Å²) >= 11 is 0.551. The minimum absolute atomic E-state index is 0. The van der Waals surface area contributed by atoms with Gasteiger partial charge in [0.25, 0.3) is 0 Å². The molecule has 27 heavy (non-hydrogen) atoms. The molecule has 1 aromatic rings. The van der Waals surface area contributed by atoms with E-state index in [1.165, 1.54) is 0 Å². The van der Waals surface area contributed by atoms with Crippen LogP contribution in [0.3, 0.4) is 0 Å². The number of anilines is 1. The van der Waals surface area contributed by atoms with Crippen molar-refractivity contribution in [3.8, 4) is 0 Å².